The molecule has 170 valence electrons. The summed E-state index contributed by atoms with van der Waals surface area (Å²) in [5.74, 6) is -1.43. The van der Waals surface area contributed by atoms with E-state index >= 15 is 0 Å². The number of carboxylic acid groups (broad SMARTS) is 1. The molecule has 4 rings (SSSR count). The number of halogens is 1. The summed E-state index contributed by atoms with van der Waals surface area (Å²) < 4.78 is 5.18. The van der Waals surface area contributed by atoms with E-state index in [1.807, 2.05) is 17.8 Å². The number of hydrogen-bond acceptors (Lipinski definition) is 6. The van der Waals surface area contributed by atoms with Crippen LogP contribution in [0.25, 0.3) is 0 Å². The molecule has 0 radical (unpaired) electrons. The maximum atomic E-state index is 11.6. The molecular formula is C24H27ClN2O4S. The van der Waals surface area contributed by atoms with Crippen LogP contribution in [0.15, 0.2) is 52.3 Å². The molecule has 8 heteroatoms. The first-order chi connectivity index (χ1) is 15.5. The molecule has 1 N–H and O–H groups in total. The lowest BCUT2D eigenvalue weighted by atomic mass is 9.96. The van der Waals surface area contributed by atoms with Gasteiger partial charge in [0.25, 0.3) is 0 Å². The van der Waals surface area contributed by atoms with E-state index in [4.69, 9.17) is 21.4 Å². The van der Waals surface area contributed by atoms with Gasteiger partial charge in [0, 0.05) is 53.6 Å². The number of piperazine rings is 1. The van der Waals surface area contributed by atoms with Gasteiger partial charge >= 0.3 is 11.9 Å². The highest BCUT2D eigenvalue weighted by molar-refractivity contribution is 7.99. The van der Waals surface area contributed by atoms with Crippen molar-refractivity contribution in [2.45, 2.75) is 35.1 Å². The third-order valence-electron chi connectivity index (χ3n) is 5.99. The molecule has 1 fully saturated rings. The van der Waals surface area contributed by atoms with Crippen LogP contribution in [0.2, 0.25) is 5.02 Å². The monoisotopic (exact) mass is 474 g/mol. The lowest BCUT2D eigenvalue weighted by molar-refractivity contribution is -0.148. The fourth-order valence-electron chi connectivity index (χ4n) is 4.29. The second-order valence-corrected chi connectivity index (χ2v) is 9.62. The van der Waals surface area contributed by atoms with Crippen molar-refractivity contribution in [3.05, 3.63) is 58.6 Å². The van der Waals surface area contributed by atoms with Crippen molar-refractivity contribution >= 4 is 35.3 Å². The quantitative estimate of drug-likeness (QED) is 0.605. The normalized spacial score (nSPS) is 19.0. The van der Waals surface area contributed by atoms with Crippen LogP contribution in [0.4, 0.5) is 0 Å². The number of carbonyl (C=O) groups is 2. The van der Waals surface area contributed by atoms with Crippen LogP contribution in [0.5, 0.6) is 0 Å². The molecule has 0 aliphatic carbocycles. The molecular weight excluding hydrogens is 448 g/mol. The number of benzene rings is 2. The molecule has 2 aromatic carbocycles. The molecule has 0 amide bonds. The van der Waals surface area contributed by atoms with E-state index in [0.717, 1.165) is 37.6 Å². The Balaban J connectivity index is 1.35. The zero-order chi connectivity index (χ0) is 22.5. The highest BCUT2D eigenvalue weighted by Crippen LogP contribution is 2.43. The van der Waals surface area contributed by atoms with Gasteiger partial charge in [-0.05, 0) is 41.8 Å². The van der Waals surface area contributed by atoms with Crippen LogP contribution in [0.1, 0.15) is 30.0 Å². The zero-order valence-corrected chi connectivity index (χ0v) is 19.4. The van der Waals surface area contributed by atoms with E-state index in [1.165, 1.54) is 20.9 Å². The van der Waals surface area contributed by atoms with E-state index in [-0.39, 0.29) is 12.8 Å². The Hall–Kier alpha value is -2.06. The molecule has 0 bridgehead atoms. The molecule has 1 saturated heterocycles. The Morgan fingerprint density at radius 1 is 1.06 bits per heavy atom. The van der Waals surface area contributed by atoms with Gasteiger partial charge in [-0.25, -0.2) is 0 Å². The number of nitrogens with zero attached hydrogens (tertiary/aromatic N) is 2. The SMILES string of the molecule is O=C(O)CCC(=O)OCCN1CCN([C@H]2Cc3cc(Cl)ccc3Sc3ccccc32)CC1. The first kappa shape index (κ1) is 23.1. The maximum Gasteiger partial charge on any atom is 0.306 e. The van der Waals surface area contributed by atoms with Crippen LogP contribution in [0.3, 0.4) is 0 Å². The minimum atomic E-state index is -0.985. The molecule has 32 heavy (non-hydrogen) atoms. The van der Waals surface area contributed by atoms with E-state index in [0.29, 0.717) is 19.2 Å². The Kier molecular flexibility index (Phi) is 7.73. The molecule has 0 saturated carbocycles. The molecule has 2 aliphatic heterocycles. The summed E-state index contributed by atoms with van der Waals surface area (Å²) >= 11 is 8.12. The lowest BCUT2D eigenvalue weighted by Gasteiger charge is -2.39. The predicted molar refractivity (Wildman–Crippen MR) is 124 cm³/mol. The van der Waals surface area contributed by atoms with Crippen molar-refractivity contribution in [3.63, 3.8) is 0 Å². The lowest BCUT2D eigenvalue weighted by Crippen LogP contribution is -2.48. The molecule has 0 aromatic heterocycles. The van der Waals surface area contributed by atoms with Crippen LogP contribution in [0, 0.1) is 0 Å². The van der Waals surface area contributed by atoms with Gasteiger partial charge in [0.05, 0.1) is 12.8 Å². The minimum Gasteiger partial charge on any atom is -0.481 e. The number of carboxylic acids is 1. The number of rotatable bonds is 7. The predicted octanol–water partition coefficient (Wildman–Crippen LogP) is 4.11. The summed E-state index contributed by atoms with van der Waals surface area (Å²) in [6.45, 7) is 4.65. The number of carbonyl (C=O) groups excluding carboxylic acids is 1. The number of esters is 1. The highest BCUT2D eigenvalue weighted by Gasteiger charge is 2.30. The fraction of sp³-hybridized carbons (Fsp3) is 0.417. The first-order valence-corrected chi connectivity index (χ1v) is 12.1. The number of fused-ring (bicyclic) bond motifs is 2. The molecule has 2 aliphatic rings. The summed E-state index contributed by atoms with van der Waals surface area (Å²) in [6, 6.07) is 15.1. The maximum absolute atomic E-state index is 11.6. The summed E-state index contributed by atoms with van der Waals surface area (Å²) in [7, 11) is 0. The number of aliphatic carboxylic acids is 1. The van der Waals surface area contributed by atoms with Gasteiger partial charge in [-0.3, -0.25) is 19.4 Å². The molecule has 6 nitrogen and oxygen atoms in total. The molecule has 2 heterocycles. The first-order valence-electron chi connectivity index (χ1n) is 10.9. The smallest absolute Gasteiger partial charge is 0.306 e. The topological polar surface area (TPSA) is 70.1 Å². The van der Waals surface area contributed by atoms with Gasteiger partial charge in [0.1, 0.15) is 6.61 Å². The molecule has 1 atom stereocenters. The Morgan fingerprint density at radius 3 is 2.62 bits per heavy atom. The summed E-state index contributed by atoms with van der Waals surface area (Å²) in [5.41, 5.74) is 2.66. The van der Waals surface area contributed by atoms with Crippen molar-refractivity contribution in [1.29, 1.82) is 0 Å². The van der Waals surface area contributed by atoms with Crippen molar-refractivity contribution < 1.29 is 19.4 Å². The average molecular weight is 475 g/mol. The van der Waals surface area contributed by atoms with E-state index in [9.17, 15) is 9.59 Å². The van der Waals surface area contributed by atoms with Crippen LogP contribution < -0.4 is 0 Å². The van der Waals surface area contributed by atoms with E-state index < -0.39 is 11.9 Å². The van der Waals surface area contributed by atoms with Crippen molar-refractivity contribution in [1.82, 2.24) is 9.80 Å². The van der Waals surface area contributed by atoms with Crippen molar-refractivity contribution in [2.24, 2.45) is 0 Å². The second-order valence-electron chi connectivity index (χ2n) is 8.10. The summed E-state index contributed by atoms with van der Waals surface area (Å²) in [6.07, 6.45) is 0.668. The van der Waals surface area contributed by atoms with Gasteiger partial charge in [-0.2, -0.15) is 0 Å². The minimum absolute atomic E-state index is 0.0757. The fourth-order valence-corrected chi connectivity index (χ4v) is 5.60. The Bertz CT molecular complexity index is 978. The van der Waals surface area contributed by atoms with Gasteiger partial charge < -0.3 is 9.84 Å². The zero-order valence-electron chi connectivity index (χ0n) is 17.8. The van der Waals surface area contributed by atoms with Gasteiger partial charge in [0.2, 0.25) is 0 Å². The number of ether oxygens (including phenoxy) is 1. The number of hydrogen-bond donors (Lipinski definition) is 1. The second kappa shape index (κ2) is 10.7. The molecule has 0 unspecified atom stereocenters. The van der Waals surface area contributed by atoms with Gasteiger partial charge in [0.15, 0.2) is 0 Å². The molecule has 2 aromatic rings. The van der Waals surface area contributed by atoms with Crippen molar-refractivity contribution in [3.8, 4) is 0 Å². The highest BCUT2D eigenvalue weighted by atomic mass is 35.5. The van der Waals surface area contributed by atoms with Crippen LogP contribution in [-0.2, 0) is 20.7 Å². The summed E-state index contributed by atoms with van der Waals surface area (Å²) in [5, 5.41) is 9.42. The summed E-state index contributed by atoms with van der Waals surface area (Å²) in [4.78, 5) is 29.6. The average Bonchev–Trinajstić information content (AvgIpc) is 2.95. The Labute approximate surface area is 197 Å². The van der Waals surface area contributed by atoms with E-state index in [2.05, 4.69) is 46.2 Å². The van der Waals surface area contributed by atoms with Gasteiger partial charge in [-0.15, -0.1) is 0 Å². The van der Waals surface area contributed by atoms with Gasteiger partial charge in [-0.1, -0.05) is 41.6 Å². The Morgan fingerprint density at radius 2 is 1.84 bits per heavy atom. The largest absolute Gasteiger partial charge is 0.481 e. The third kappa shape index (κ3) is 5.84. The van der Waals surface area contributed by atoms with Crippen LogP contribution >= 0.6 is 23.4 Å². The van der Waals surface area contributed by atoms with Crippen LogP contribution in [-0.4, -0.2) is 66.2 Å². The third-order valence-corrected chi connectivity index (χ3v) is 7.44. The van der Waals surface area contributed by atoms with E-state index in [1.54, 1.807) is 0 Å². The molecule has 0 spiro atoms. The van der Waals surface area contributed by atoms with Crippen molar-refractivity contribution in [2.75, 3.05) is 39.3 Å². The standard InChI is InChI=1S/C24H27ClN2O4S/c25-18-5-6-21-17(15-18)16-20(19-3-1-2-4-22(19)32-21)27-11-9-26(10-12-27)13-14-31-24(30)8-7-23(28)29/h1-6,15,20H,7-14,16H2,(H,28,29)/t20-/m0/s1.